The van der Waals surface area contributed by atoms with Gasteiger partial charge in [0.25, 0.3) is 0 Å². The summed E-state index contributed by atoms with van der Waals surface area (Å²) in [6.07, 6.45) is -1.57. The average molecular weight is 1300 g/mol. The van der Waals surface area contributed by atoms with E-state index in [1.807, 2.05) is 79.7 Å². The summed E-state index contributed by atoms with van der Waals surface area (Å²) in [6, 6.07) is 11.1. The van der Waals surface area contributed by atoms with Gasteiger partial charge in [0, 0.05) is 36.5 Å². The van der Waals surface area contributed by atoms with Gasteiger partial charge in [0.2, 0.25) is 0 Å². The highest BCUT2D eigenvalue weighted by Gasteiger charge is 2.29. The zero-order valence-electron chi connectivity index (χ0n) is 42.5. The van der Waals surface area contributed by atoms with E-state index in [0.717, 1.165) is 27.4 Å². The molecule has 0 spiro atoms. The Hall–Kier alpha value is -3.84. The molecule has 3 aromatic rings. The van der Waals surface area contributed by atoms with Crippen molar-refractivity contribution in [2.24, 2.45) is 0 Å². The largest absolute Gasteiger partial charge is 0.493 e. The molecule has 18 heteroatoms. The van der Waals surface area contributed by atoms with Gasteiger partial charge in [-0.1, -0.05) is 19.7 Å². The van der Waals surface area contributed by atoms with Crippen molar-refractivity contribution in [3.8, 4) is 34.5 Å². The predicted molar refractivity (Wildman–Crippen MR) is 290 cm³/mol. The number of benzene rings is 3. The highest BCUT2D eigenvalue weighted by molar-refractivity contribution is 14.1. The Balaban J connectivity index is 0.000000518. The number of carbonyl (C=O) groups excluding carboxylic acids is 3. The maximum Gasteiger partial charge on any atom is 0.333 e. The zero-order valence-corrected chi connectivity index (χ0v) is 49.0. The second-order valence-corrected chi connectivity index (χ2v) is 18.9. The molecule has 0 aliphatic rings. The van der Waals surface area contributed by atoms with Crippen molar-refractivity contribution < 1.29 is 71.2 Å². The lowest BCUT2D eigenvalue weighted by Gasteiger charge is -2.27. The number of hydrogen-bond acceptors (Lipinski definition) is 15. The molecular weight excluding hydrogens is 1230 g/mol. The van der Waals surface area contributed by atoms with Crippen molar-refractivity contribution in [3.63, 3.8) is 0 Å². The summed E-state index contributed by atoms with van der Waals surface area (Å²) in [5.41, 5.74) is 2.69. The van der Waals surface area contributed by atoms with Crippen LogP contribution in [0.15, 0.2) is 72.9 Å². The third-order valence-corrected chi connectivity index (χ3v) is 11.4. The van der Waals surface area contributed by atoms with E-state index in [-0.39, 0.29) is 19.2 Å². The van der Waals surface area contributed by atoms with Crippen LogP contribution in [0.25, 0.3) is 0 Å². The van der Waals surface area contributed by atoms with E-state index in [9.17, 15) is 14.4 Å². The highest BCUT2D eigenvalue weighted by atomic mass is 127. The molecule has 384 valence electrons. The first-order valence-corrected chi connectivity index (χ1v) is 25.1. The van der Waals surface area contributed by atoms with E-state index in [4.69, 9.17) is 56.8 Å². The van der Waals surface area contributed by atoms with Crippen LogP contribution in [0.5, 0.6) is 34.5 Å². The number of esters is 3. The molecule has 0 radical (unpaired) electrons. The maximum atomic E-state index is 11.9. The summed E-state index contributed by atoms with van der Waals surface area (Å²) in [5, 5.41) is 0. The molecule has 3 rings (SSSR count). The molecule has 0 fully saturated rings. The second kappa shape index (κ2) is 31.5. The Labute approximate surface area is 449 Å². The summed E-state index contributed by atoms with van der Waals surface area (Å²) < 4.78 is 68.3. The van der Waals surface area contributed by atoms with E-state index >= 15 is 0 Å². The van der Waals surface area contributed by atoms with Crippen molar-refractivity contribution >= 4 is 85.7 Å². The van der Waals surface area contributed by atoms with Gasteiger partial charge in [0.1, 0.15) is 18.3 Å². The monoisotopic (exact) mass is 1300 g/mol. The van der Waals surface area contributed by atoms with Gasteiger partial charge in [0.05, 0.1) is 32.0 Å². The number of rotatable bonds is 24. The Kier molecular flexibility index (Phi) is 28.8. The quantitative estimate of drug-likeness (QED) is 0.0274. The SMILES string of the molecule is C=C(C)C(=O)OC(C)(C)c1cc(I)c(OC(C)OCC)c(OC)c1.C=C(C)C(=O)OC(C)c1cc(I)c(OC(C)OCC)c(OC)c1.C=C(C)C(=O)OCc1cc(I)c(OC(C)OCC)c(OC)c1. The molecule has 15 nitrogen and oxygen atoms in total. The molecule has 0 saturated heterocycles. The van der Waals surface area contributed by atoms with Crippen LogP contribution in [0.3, 0.4) is 0 Å². The number of carbonyl (C=O) groups is 3. The molecule has 0 heterocycles. The van der Waals surface area contributed by atoms with Crippen molar-refractivity contribution in [3.05, 3.63) is 100 Å². The molecule has 0 aromatic heterocycles. The minimum absolute atomic E-state index is 0.152. The summed E-state index contributed by atoms with van der Waals surface area (Å²) in [6.45, 7) is 34.1. The minimum Gasteiger partial charge on any atom is -0.493 e. The van der Waals surface area contributed by atoms with Crippen molar-refractivity contribution in [1.29, 1.82) is 0 Å². The van der Waals surface area contributed by atoms with E-state index in [1.54, 1.807) is 61.2 Å². The number of methoxy groups -OCH3 is 3. The Morgan fingerprint density at radius 1 is 0.565 bits per heavy atom. The Morgan fingerprint density at radius 2 is 0.957 bits per heavy atom. The first-order valence-electron chi connectivity index (χ1n) is 21.8. The molecular formula is C51H69I3O15. The van der Waals surface area contributed by atoms with Crippen LogP contribution in [-0.4, -0.2) is 77.9 Å². The van der Waals surface area contributed by atoms with Crippen molar-refractivity contribution in [2.75, 3.05) is 41.2 Å². The lowest BCUT2D eigenvalue weighted by atomic mass is 9.97. The fourth-order valence-electron chi connectivity index (χ4n) is 5.52. The van der Waals surface area contributed by atoms with Crippen LogP contribution in [0, 0.1) is 10.7 Å². The van der Waals surface area contributed by atoms with Crippen molar-refractivity contribution in [1.82, 2.24) is 0 Å². The fourth-order valence-corrected chi connectivity index (χ4v) is 7.80. The van der Waals surface area contributed by atoms with Crippen LogP contribution in [-0.2, 0) is 55.0 Å². The van der Waals surface area contributed by atoms with E-state index < -0.39 is 35.9 Å². The van der Waals surface area contributed by atoms with E-state index in [1.165, 1.54) is 0 Å². The topological polar surface area (TPSA) is 162 Å². The van der Waals surface area contributed by atoms with Crippen LogP contribution in [0.4, 0.5) is 0 Å². The molecule has 4 unspecified atom stereocenters. The van der Waals surface area contributed by atoms with Gasteiger partial charge in [-0.05, 0) is 204 Å². The Morgan fingerprint density at radius 3 is 1.36 bits per heavy atom. The van der Waals surface area contributed by atoms with Crippen LogP contribution >= 0.6 is 67.8 Å². The number of hydrogen-bond donors (Lipinski definition) is 0. The average Bonchev–Trinajstić information content (AvgIpc) is 3.27. The van der Waals surface area contributed by atoms with Gasteiger partial charge in [-0.25, -0.2) is 14.4 Å². The highest BCUT2D eigenvalue weighted by Crippen LogP contribution is 2.40. The van der Waals surface area contributed by atoms with Gasteiger partial charge in [0.15, 0.2) is 53.4 Å². The van der Waals surface area contributed by atoms with Gasteiger partial charge < -0.3 is 56.8 Å². The molecule has 0 aliphatic heterocycles. The zero-order chi connectivity index (χ0) is 52.8. The lowest BCUT2D eigenvalue weighted by molar-refractivity contribution is -0.152. The molecule has 3 aromatic carbocycles. The number of ether oxygens (including phenoxy) is 12. The third-order valence-electron chi connectivity index (χ3n) is 9.04. The standard InChI is InChI=1S/C18H25IO5.C17H23IO5.C16H21IO5/c1-8-22-12(4)23-16-14(19)9-13(10-15(16)21-7)18(5,6)24-17(20)11(2)3;1-7-21-12(5)23-16-14(18)8-13(9-15(16)20-6)11(4)22-17(19)10(2)3;1-6-20-11(4)22-15-13(17)7-12(8-14(15)19-5)9-21-16(18)10(2)3/h9-10,12H,2,8H2,1,3-7H3;8-9,11-12H,2,7H2,1,3-6H3;7-8,11H,2,6,9H2,1,3-5H3. The van der Waals surface area contributed by atoms with E-state index in [2.05, 4.69) is 87.5 Å². The smallest absolute Gasteiger partial charge is 0.333 e. The first kappa shape index (κ1) is 63.2. The minimum atomic E-state index is -0.826. The molecule has 4 atom stereocenters. The Bertz CT molecular complexity index is 2210. The maximum absolute atomic E-state index is 11.9. The number of halogens is 3. The van der Waals surface area contributed by atoms with Gasteiger partial charge in [-0.3, -0.25) is 0 Å². The first-order chi connectivity index (χ1) is 32.3. The molecule has 0 bridgehead atoms. The summed E-state index contributed by atoms with van der Waals surface area (Å²) in [7, 11) is 4.70. The van der Waals surface area contributed by atoms with Crippen LogP contribution < -0.4 is 28.4 Å². The molecule has 69 heavy (non-hydrogen) atoms. The molecule has 0 amide bonds. The van der Waals surface area contributed by atoms with Crippen molar-refractivity contribution in [2.45, 2.75) is 120 Å². The lowest BCUT2D eigenvalue weighted by Crippen LogP contribution is -2.26. The molecule has 0 N–H and O–H groups in total. The van der Waals surface area contributed by atoms with Crippen LogP contribution in [0.1, 0.15) is 106 Å². The van der Waals surface area contributed by atoms with Crippen LogP contribution in [0.2, 0.25) is 0 Å². The second-order valence-electron chi connectivity index (χ2n) is 15.4. The summed E-state index contributed by atoms with van der Waals surface area (Å²) in [5.74, 6) is 2.25. The van der Waals surface area contributed by atoms with E-state index in [0.29, 0.717) is 71.0 Å². The third kappa shape index (κ3) is 21.6. The van der Waals surface area contributed by atoms with Gasteiger partial charge >= 0.3 is 17.9 Å². The predicted octanol–water partition coefficient (Wildman–Crippen LogP) is 12.3. The summed E-state index contributed by atoms with van der Waals surface area (Å²) in [4.78, 5) is 35.0. The fraction of sp³-hybridized carbons (Fsp3) is 0.471. The normalized spacial score (nSPS) is 12.4. The van der Waals surface area contributed by atoms with Gasteiger partial charge in [-0.2, -0.15) is 0 Å². The van der Waals surface area contributed by atoms with Gasteiger partial charge in [-0.15, -0.1) is 0 Å². The summed E-state index contributed by atoms with van der Waals surface area (Å²) >= 11 is 6.47. The molecule has 0 aliphatic carbocycles. The molecule has 0 saturated carbocycles.